The van der Waals surface area contributed by atoms with Gasteiger partial charge in [0.1, 0.15) is 0 Å². The molecule has 0 aliphatic carbocycles. The monoisotopic (exact) mass is 274 g/mol. The zero-order valence-corrected chi connectivity index (χ0v) is 13.5. The first-order valence-electron chi connectivity index (χ1n) is 8.05. The third-order valence-electron chi connectivity index (χ3n) is 4.21. The summed E-state index contributed by atoms with van der Waals surface area (Å²) in [6.07, 6.45) is 5.26. The normalized spacial score (nSPS) is 21.5. The van der Waals surface area contributed by atoms with Gasteiger partial charge in [-0.05, 0) is 55.8 Å². The zero-order chi connectivity index (χ0) is 14.6. The first-order chi connectivity index (χ1) is 9.45. The number of piperidine rings is 1. The summed E-state index contributed by atoms with van der Waals surface area (Å²) in [6, 6.07) is 10.1. The number of anilines is 1. The fourth-order valence-electron chi connectivity index (χ4n) is 2.96. The molecule has 2 heteroatoms. The van der Waals surface area contributed by atoms with Crippen LogP contribution in [0.1, 0.15) is 58.9 Å². The van der Waals surface area contributed by atoms with Crippen LogP contribution in [0.5, 0.6) is 0 Å². The lowest BCUT2D eigenvalue weighted by molar-refractivity contribution is 0.371. The molecule has 1 heterocycles. The summed E-state index contributed by atoms with van der Waals surface area (Å²) in [5, 5.41) is 7.25. The van der Waals surface area contributed by atoms with Crippen LogP contribution in [0.2, 0.25) is 0 Å². The highest BCUT2D eigenvalue weighted by Crippen LogP contribution is 2.24. The lowest BCUT2D eigenvalue weighted by Gasteiger charge is -2.27. The Morgan fingerprint density at radius 1 is 1.20 bits per heavy atom. The van der Waals surface area contributed by atoms with Crippen molar-refractivity contribution in [2.24, 2.45) is 0 Å². The molecule has 112 valence electrons. The molecule has 2 unspecified atom stereocenters. The third-order valence-corrected chi connectivity index (χ3v) is 4.21. The quantitative estimate of drug-likeness (QED) is 0.854. The molecule has 1 aromatic carbocycles. The molecule has 0 saturated carbocycles. The van der Waals surface area contributed by atoms with E-state index in [0.717, 1.165) is 0 Å². The van der Waals surface area contributed by atoms with Gasteiger partial charge in [0.2, 0.25) is 0 Å². The number of benzene rings is 1. The first kappa shape index (κ1) is 15.4. The summed E-state index contributed by atoms with van der Waals surface area (Å²) in [6.45, 7) is 10.2. The highest BCUT2D eigenvalue weighted by atomic mass is 15.0. The van der Waals surface area contributed by atoms with Crippen LogP contribution in [0, 0.1) is 0 Å². The predicted molar refractivity (Wildman–Crippen MR) is 88.5 cm³/mol. The predicted octanol–water partition coefficient (Wildman–Crippen LogP) is 4.32. The Kier molecular flexibility index (Phi) is 5.09. The van der Waals surface area contributed by atoms with Crippen LogP contribution in [-0.4, -0.2) is 18.6 Å². The molecule has 2 atom stereocenters. The standard InChI is InChI=1S/C18H30N2/c1-14(13-17-7-5-6-12-19-17)20-16-10-8-15(9-11-16)18(2,3)4/h8-11,14,17,19-20H,5-7,12-13H2,1-4H3. The van der Waals surface area contributed by atoms with E-state index in [-0.39, 0.29) is 5.41 Å². The minimum atomic E-state index is 0.232. The van der Waals surface area contributed by atoms with Crippen LogP contribution in [0.15, 0.2) is 24.3 Å². The van der Waals surface area contributed by atoms with E-state index in [2.05, 4.69) is 62.6 Å². The summed E-state index contributed by atoms with van der Waals surface area (Å²) in [4.78, 5) is 0. The van der Waals surface area contributed by atoms with Gasteiger partial charge in [-0.15, -0.1) is 0 Å². The van der Waals surface area contributed by atoms with Crippen LogP contribution in [0.3, 0.4) is 0 Å². The lowest BCUT2D eigenvalue weighted by Crippen LogP contribution is -2.37. The van der Waals surface area contributed by atoms with E-state index in [1.807, 2.05) is 0 Å². The topological polar surface area (TPSA) is 24.1 Å². The van der Waals surface area contributed by atoms with E-state index in [1.165, 1.54) is 43.5 Å². The molecule has 1 saturated heterocycles. The lowest BCUT2D eigenvalue weighted by atomic mass is 9.87. The van der Waals surface area contributed by atoms with E-state index in [4.69, 9.17) is 0 Å². The molecule has 0 amide bonds. The number of rotatable bonds is 4. The van der Waals surface area contributed by atoms with Crippen molar-refractivity contribution in [1.82, 2.24) is 5.32 Å². The van der Waals surface area contributed by atoms with Gasteiger partial charge in [-0.25, -0.2) is 0 Å². The van der Waals surface area contributed by atoms with Crippen LogP contribution < -0.4 is 10.6 Å². The molecule has 1 aliphatic rings. The van der Waals surface area contributed by atoms with Crippen molar-refractivity contribution in [2.45, 2.75) is 70.9 Å². The Morgan fingerprint density at radius 3 is 2.45 bits per heavy atom. The van der Waals surface area contributed by atoms with Crippen molar-refractivity contribution in [1.29, 1.82) is 0 Å². The van der Waals surface area contributed by atoms with E-state index in [1.54, 1.807) is 0 Å². The van der Waals surface area contributed by atoms with Gasteiger partial charge in [-0.1, -0.05) is 39.3 Å². The molecule has 0 radical (unpaired) electrons. The molecule has 2 rings (SSSR count). The Labute approximate surface area is 124 Å². The summed E-state index contributed by atoms with van der Waals surface area (Å²) >= 11 is 0. The smallest absolute Gasteiger partial charge is 0.0342 e. The van der Waals surface area contributed by atoms with Gasteiger partial charge in [0.05, 0.1) is 0 Å². The van der Waals surface area contributed by atoms with Gasteiger partial charge in [0.25, 0.3) is 0 Å². The molecule has 0 aromatic heterocycles. The molecule has 2 nitrogen and oxygen atoms in total. The van der Waals surface area contributed by atoms with Crippen molar-refractivity contribution in [2.75, 3.05) is 11.9 Å². The second-order valence-corrected chi connectivity index (χ2v) is 7.26. The largest absolute Gasteiger partial charge is 0.383 e. The number of hydrogen-bond acceptors (Lipinski definition) is 2. The molecule has 2 N–H and O–H groups in total. The van der Waals surface area contributed by atoms with Crippen molar-refractivity contribution in [3.8, 4) is 0 Å². The molecular weight excluding hydrogens is 244 g/mol. The maximum Gasteiger partial charge on any atom is 0.0342 e. The van der Waals surface area contributed by atoms with Crippen molar-refractivity contribution < 1.29 is 0 Å². The van der Waals surface area contributed by atoms with Gasteiger partial charge in [0, 0.05) is 17.8 Å². The Morgan fingerprint density at radius 2 is 1.90 bits per heavy atom. The second kappa shape index (κ2) is 6.62. The van der Waals surface area contributed by atoms with Crippen LogP contribution in [-0.2, 0) is 5.41 Å². The Bertz CT molecular complexity index is 396. The van der Waals surface area contributed by atoms with Crippen molar-refractivity contribution in [3.63, 3.8) is 0 Å². The molecule has 1 aliphatic heterocycles. The summed E-state index contributed by atoms with van der Waals surface area (Å²) in [5.41, 5.74) is 2.86. The second-order valence-electron chi connectivity index (χ2n) is 7.26. The maximum atomic E-state index is 3.63. The minimum Gasteiger partial charge on any atom is -0.383 e. The third kappa shape index (κ3) is 4.52. The summed E-state index contributed by atoms with van der Waals surface area (Å²) in [5.74, 6) is 0. The molecule has 1 fully saturated rings. The first-order valence-corrected chi connectivity index (χ1v) is 8.05. The van der Waals surface area contributed by atoms with Crippen molar-refractivity contribution >= 4 is 5.69 Å². The summed E-state index contributed by atoms with van der Waals surface area (Å²) < 4.78 is 0. The van der Waals surface area contributed by atoms with Crippen LogP contribution in [0.25, 0.3) is 0 Å². The fourth-order valence-corrected chi connectivity index (χ4v) is 2.96. The minimum absolute atomic E-state index is 0.232. The summed E-state index contributed by atoms with van der Waals surface area (Å²) in [7, 11) is 0. The van der Waals surface area contributed by atoms with Crippen LogP contribution in [0.4, 0.5) is 5.69 Å². The van der Waals surface area contributed by atoms with Gasteiger partial charge in [-0.3, -0.25) is 0 Å². The van der Waals surface area contributed by atoms with Gasteiger partial charge >= 0.3 is 0 Å². The highest BCUT2D eigenvalue weighted by molar-refractivity contribution is 5.46. The average molecular weight is 274 g/mol. The molecule has 0 bridgehead atoms. The highest BCUT2D eigenvalue weighted by Gasteiger charge is 2.16. The van der Waals surface area contributed by atoms with Crippen molar-refractivity contribution in [3.05, 3.63) is 29.8 Å². The van der Waals surface area contributed by atoms with Gasteiger partial charge < -0.3 is 10.6 Å². The number of nitrogens with one attached hydrogen (secondary N) is 2. The molecule has 20 heavy (non-hydrogen) atoms. The SMILES string of the molecule is CC(CC1CCCCN1)Nc1ccc(C(C)(C)C)cc1. The van der Waals surface area contributed by atoms with E-state index < -0.39 is 0 Å². The molecule has 0 spiro atoms. The Balaban J connectivity index is 1.86. The average Bonchev–Trinajstić information content (AvgIpc) is 2.39. The van der Waals surface area contributed by atoms with Crippen LogP contribution >= 0.6 is 0 Å². The number of hydrogen-bond donors (Lipinski definition) is 2. The Hall–Kier alpha value is -1.02. The van der Waals surface area contributed by atoms with Gasteiger partial charge in [-0.2, -0.15) is 0 Å². The molecule has 1 aromatic rings. The fraction of sp³-hybridized carbons (Fsp3) is 0.667. The zero-order valence-electron chi connectivity index (χ0n) is 13.5. The van der Waals surface area contributed by atoms with E-state index in [0.29, 0.717) is 12.1 Å². The van der Waals surface area contributed by atoms with E-state index >= 15 is 0 Å². The molecular formula is C18H30N2. The maximum absolute atomic E-state index is 3.63. The van der Waals surface area contributed by atoms with Gasteiger partial charge in [0.15, 0.2) is 0 Å². The van der Waals surface area contributed by atoms with E-state index in [9.17, 15) is 0 Å².